The molecular weight excluding hydrogens is 315 g/mol. The van der Waals surface area contributed by atoms with Crippen LogP contribution < -0.4 is 0 Å². The Morgan fingerprint density at radius 3 is 2.48 bits per heavy atom. The Morgan fingerprint density at radius 1 is 1.22 bits per heavy atom. The summed E-state index contributed by atoms with van der Waals surface area (Å²) in [5, 5.41) is 0.474. The van der Waals surface area contributed by atoms with Crippen molar-refractivity contribution in [3.8, 4) is 0 Å². The third kappa shape index (κ3) is 3.53. The first-order chi connectivity index (χ1) is 11.0. The van der Waals surface area contributed by atoms with Gasteiger partial charge in [-0.05, 0) is 25.0 Å². The van der Waals surface area contributed by atoms with Crippen LogP contribution in [0.2, 0.25) is 5.02 Å². The van der Waals surface area contributed by atoms with Crippen molar-refractivity contribution in [2.75, 3.05) is 26.2 Å². The Balaban J connectivity index is 1.57. The van der Waals surface area contributed by atoms with E-state index in [1.807, 2.05) is 4.90 Å². The molecule has 1 amide bonds. The lowest BCUT2D eigenvalue weighted by molar-refractivity contribution is -0.142. The molecule has 5 heteroatoms. The number of piperazine rings is 1. The number of halogens is 2. The highest BCUT2D eigenvalue weighted by Gasteiger charge is 2.39. The summed E-state index contributed by atoms with van der Waals surface area (Å²) in [6.45, 7) is 5.60. The highest BCUT2D eigenvalue weighted by Crippen LogP contribution is 2.39. The Labute approximate surface area is 142 Å². The van der Waals surface area contributed by atoms with Crippen LogP contribution in [0.15, 0.2) is 18.2 Å². The molecule has 3 rings (SSSR count). The molecule has 1 saturated carbocycles. The third-order valence-corrected chi connectivity index (χ3v) is 5.68. The fraction of sp³-hybridized carbons (Fsp3) is 0.611. The molecule has 2 fully saturated rings. The number of nitrogens with zero attached hydrogens (tertiary/aromatic N) is 2. The lowest BCUT2D eigenvalue weighted by atomic mass is 9.87. The number of rotatable bonds is 3. The largest absolute Gasteiger partial charge is 0.340 e. The predicted molar refractivity (Wildman–Crippen MR) is 89.8 cm³/mol. The van der Waals surface area contributed by atoms with E-state index in [0.29, 0.717) is 23.0 Å². The minimum atomic E-state index is -0.255. The molecule has 23 heavy (non-hydrogen) atoms. The smallest absolute Gasteiger partial charge is 0.228 e. The molecule has 1 aromatic carbocycles. The summed E-state index contributed by atoms with van der Waals surface area (Å²) < 4.78 is 13.9. The Bertz CT molecular complexity index is 558. The highest BCUT2D eigenvalue weighted by molar-refractivity contribution is 6.31. The van der Waals surface area contributed by atoms with Crippen LogP contribution in [0.5, 0.6) is 0 Å². The van der Waals surface area contributed by atoms with Crippen molar-refractivity contribution in [2.24, 2.45) is 5.41 Å². The van der Waals surface area contributed by atoms with Crippen LogP contribution in [-0.4, -0.2) is 41.9 Å². The minimum absolute atomic E-state index is 0.156. The average Bonchev–Trinajstić information content (AvgIpc) is 2.99. The standard InChI is InChI=1S/C18H24ClFN2O/c1-18(7-2-3-8-18)17(23)22-11-9-21(10-12-22)13-14-15(19)5-4-6-16(14)20/h4-6H,2-3,7-13H2,1H3. The molecule has 0 spiro atoms. The zero-order valence-corrected chi connectivity index (χ0v) is 14.4. The van der Waals surface area contributed by atoms with Crippen LogP contribution in [-0.2, 0) is 11.3 Å². The maximum Gasteiger partial charge on any atom is 0.228 e. The Kier molecular flexibility index (Phi) is 4.93. The molecule has 1 aliphatic heterocycles. The number of carbonyl (C=O) groups excluding carboxylic acids is 1. The van der Waals surface area contributed by atoms with E-state index in [4.69, 9.17) is 11.6 Å². The second kappa shape index (κ2) is 6.78. The van der Waals surface area contributed by atoms with E-state index in [-0.39, 0.29) is 11.2 Å². The van der Waals surface area contributed by atoms with Gasteiger partial charge in [-0.15, -0.1) is 0 Å². The van der Waals surface area contributed by atoms with Gasteiger partial charge < -0.3 is 4.90 Å². The van der Waals surface area contributed by atoms with Gasteiger partial charge in [0.15, 0.2) is 0 Å². The summed E-state index contributed by atoms with van der Waals surface area (Å²) >= 11 is 6.10. The molecular formula is C18H24ClFN2O. The van der Waals surface area contributed by atoms with E-state index in [1.54, 1.807) is 12.1 Å². The summed E-state index contributed by atoms with van der Waals surface area (Å²) in [7, 11) is 0. The van der Waals surface area contributed by atoms with Crippen molar-refractivity contribution < 1.29 is 9.18 Å². The van der Waals surface area contributed by atoms with E-state index >= 15 is 0 Å². The number of benzene rings is 1. The van der Waals surface area contributed by atoms with Crippen LogP contribution in [0.3, 0.4) is 0 Å². The van der Waals surface area contributed by atoms with Crippen molar-refractivity contribution in [1.82, 2.24) is 9.80 Å². The molecule has 1 aliphatic carbocycles. The van der Waals surface area contributed by atoms with Crippen molar-refractivity contribution >= 4 is 17.5 Å². The van der Waals surface area contributed by atoms with E-state index in [1.165, 1.54) is 6.07 Å². The fourth-order valence-electron chi connectivity index (χ4n) is 3.77. The molecule has 0 bridgehead atoms. The van der Waals surface area contributed by atoms with Crippen molar-refractivity contribution in [3.05, 3.63) is 34.6 Å². The molecule has 2 aliphatic rings. The van der Waals surface area contributed by atoms with Gasteiger partial charge in [-0.25, -0.2) is 4.39 Å². The van der Waals surface area contributed by atoms with Crippen molar-refractivity contribution in [2.45, 2.75) is 39.2 Å². The Hall–Kier alpha value is -1.13. The van der Waals surface area contributed by atoms with E-state index in [0.717, 1.165) is 51.9 Å². The fourth-order valence-corrected chi connectivity index (χ4v) is 3.99. The topological polar surface area (TPSA) is 23.6 Å². The third-order valence-electron chi connectivity index (χ3n) is 5.33. The number of hydrogen-bond acceptors (Lipinski definition) is 2. The van der Waals surface area contributed by atoms with Gasteiger partial charge >= 0.3 is 0 Å². The van der Waals surface area contributed by atoms with Crippen molar-refractivity contribution in [1.29, 1.82) is 0 Å². The highest BCUT2D eigenvalue weighted by atomic mass is 35.5. The van der Waals surface area contributed by atoms with E-state index in [9.17, 15) is 9.18 Å². The lowest BCUT2D eigenvalue weighted by Gasteiger charge is -2.38. The summed E-state index contributed by atoms with van der Waals surface area (Å²) in [5.41, 5.74) is 0.397. The van der Waals surface area contributed by atoms with E-state index in [2.05, 4.69) is 11.8 Å². The Morgan fingerprint density at radius 2 is 1.87 bits per heavy atom. The predicted octanol–water partition coefficient (Wildman–Crippen LogP) is 3.70. The number of hydrogen-bond donors (Lipinski definition) is 0. The van der Waals surface area contributed by atoms with E-state index < -0.39 is 0 Å². The van der Waals surface area contributed by atoms with Gasteiger partial charge in [0, 0.05) is 48.7 Å². The number of carbonyl (C=O) groups is 1. The van der Waals surface area contributed by atoms with Gasteiger partial charge in [-0.1, -0.05) is 37.4 Å². The first-order valence-corrected chi connectivity index (χ1v) is 8.82. The lowest BCUT2D eigenvalue weighted by Crippen LogP contribution is -2.51. The first kappa shape index (κ1) is 16.7. The molecule has 1 heterocycles. The second-order valence-electron chi connectivity index (χ2n) is 7.04. The van der Waals surface area contributed by atoms with Crippen LogP contribution in [0.25, 0.3) is 0 Å². The monoisotopic (exact) mass is 338 g/mol. The molecule has 0 atom stereocenters. The molecule has 0 aromatic heterocycles. The average molecular weight is 339 g/mol. The number of amides is 1. The summed E-state index contributed by atoms with van der Waals surface area (Å²) in [6, 6.07) is 4.79. The van der Waals surface area contributed by atoms with Crippen LogP contribution in [0.4, 0.5) is 4.39 Å². The summed E-state index contributed by atoms with van der Waals surface area (Å²) in [5.74, 6) is 0.0491. The zero-order chi connectivity index (χ0) is 16.4. The van der Waals surface area contributed by atoms with Gasteiger partial charge in [-0.3, -0.25) is 9.69 Å². The molecule has 0 N–H and O–H groups in total. The van der Waals surface area contributed by atoms with Crippen LogP contribution in [0.1, 0.15) is 38.2 Å². The van der Waals surface area contributed by atoms with Gasteiger partial charge in [0.1, 0.15) is 5.82 Å². The second-order valence-corrected chi connectivity index (χ2v) is 7.44. The SMILES string of the molecule is CC1(C(=O)N2CCN(Cc3c(F)cccc3Cl)CC2)CCCC1. The summed E-state index contributed by atoms with van der Waals surface area (Å²) in [6.07, 6.45) is 4.34. The van der Waals surface area contributed by atoms with Crippen LogP contribution >= 0.6 is 11.6 Å². The zero-order valence-electron chi connectivity index (χ0n) is 13.7. The molecule has 126 valence electrons. The maximum atomic E-state index is 13.9. The molecule has 0 radical (unpaired) electrons. The molecule has 1 saturated heterocycles. The van der Waals surface area contributed by atoms with Gasteiger partial charge in [0.2, 0.25) is 5.91 Å². The quantitative estimate of drug-likeness (QED) is 0.839. The normalized spacial score (nSPS) is 21.6. The summed E-state index contributed by atoms with van der Waals surface area (Å²) in [4.78, 5) is 16.9. The molecule has 1 aromatic rings. The van der Waals surface area contributed by atoms with Crippen molar-refractivity contribution in [3.63, 3.8) is 0 Å². The first-order valence-electron chi connectivity index (χ1n) is 8.44. The van der Waals surface area contributed by atoms with Gasteiger partial charge in [0.05, 0.1) is 0 Å². The minimum Gasteiger partial charge on any atom is -0.340 e. The molecule has 3 nitrogen and oxygen atoms in total. The van der Waals surface area contributed by atoms with Gasteiger partial charge in [-0.2, -0.15) is 0 Å². The maximum absolute atomic E-state index is 13.9. The van der Waals surface area contributed by atoms with Gasteiger partial charge in [0.25, 0.3) is 0 Å². The van der Waals surface area contributed by atoms with Crippen LogP contribution in [0, 0.1) is 11.2 Å². The molecule has 0 unspecified atom stereocenters.